The summed E-state index contributed by atoms with van der Waals surface area (Å²) >= 11 is 0. The zero-order chi connectivity index (χ0) is 14.8. The predicted molar refractivity (Wildman–Crippen MR) is 75.5 cm³/mol. The normalized spacial score (nSPS) is 22.6. The summed E-state index contributed by atoms with van der Waals surface area (Å²) < 4.78 is 41.1. The highest BCUT2D eigenvalue weighted by Crippen LogP contribution is 2.41. The fraction of sp³-hybridized carbons (Fsp3) is 0.625. The standard InChI is InChI=1S/C16H21F3N2/c17-13-6-5-12(14(18)15(13)19)16(11-3-1-2-4-11)21-9-7-20-8-10-21/h5-6,11,16,20H,1-4,7-10H2/t16-/m1/s1. The predicted octanol–water partition coefficient (Wildman–Crippen LogP) is 3.24. The summed E-state index contributed by atoms with van der Waals surface area (Å²) in [6.45, 7) is 3.35. The highest BCUT2D eigenvalue weighted by atomic mass is 19.2. The van der Waals surface area contributed by atoms with Gasteiger partial charge < -0.3 is 5.32 Å². The Morgan fingerprint density at radius 2 is 1.67 bits per heavy atom. The lowest BCUT2D eigenvalue weighted by Gasteiger charge is -2.38. The molecule has 1 heterocycles. The fourth-order valence-corrected chi connectivity index (χ4v) is 3.75. The van der Waals surface area contributed by atoms with E-state index in [0.29, 0.717) is 11.5 Å². The third kappa shape index (κ3) is 2.94. The molecule has 1 aliphatic carbocycles. The maximum Gasteiger partial charge on any atom is 0.194 e. The number of piperazine rings is 1. The molecule has 1 aromatic rings. The molecule has 21 heavy (non-hydrogen) atoms. The first-order valence-corrected chi connectivity index (χ1v) is 7.76. The monoisotopic (exact) mass is 298 g/mol. The Hall–Kier alpha value is -1.07. The molecule has 0 radical (unpaired) electrons. The number of halogens is 3. The van der Waals surface area contributed by atoms with Gasteiger partial charge in [0.05, 0.1) is 0 Å². The summed E-state index contributed by atoms with van der Waals surface area (Å²) in [7, 11) is 0. The van der Waals surface area contributed by atoms with Crippen molar-refractivity contribution in [2.75, 3.05) is 26.2 Å². The quantitative estimate of drug-likeness (QED) is 0.862. The van der Waals surface area contributed by atoms with E-state index in [1.165, 1.54) is 6.07 Å². The largest absolute Gasteiger partial charge is 0.314 e. The van der Waals surface area contributed by atoms with Crippen molar-refractivity contribution < 1.29 is 13.2 Å². The highest BCUT2D eigenvalue weighted by Gasteiger charge is 2.34. The van der Waals surface area contributed by atoms with Crippen molar-refractivity contribution in [3.05, 3.63) is 35.1 Å². The van der Waals surface area contributed by atoms with Crippen LogP contribution in [0.15, 0.2) is 12.1 Å². The molecule has 0 aromatic heterocycles. The summed E-state index contributed by atoms with van der Waals surface area (Å²) in [6.07, 6.45) is 4.34. The van der Waals surface area contributed by atoms with Gasteiger partial charge in [-0.05, 0) is 24.8 Å². The zero-order valence-electron chi connectivity index (χ0n) is 12.0. The van der Waals surface area contributed by atoms with E-state index in [4.69, 9.17) is 0 Å². The lowest BCUT2D eigenvalue weighted by Crippen LogP contribution is -2.47. The van der Waals surface area contributed by atoms with Crippen LogP contribution in [0, 0.1) is 23.4 Å². The average molecular weight is 298 g/mol. The number of hydrogen-bond donors (Lipinski definition) is 1. The van der Waals surface area contributed by atoms with Gasteiger partial charge in [-0.3, -0.25) is 4.90 Å². The van der Waals surface area contributed by atoms with Crippen molar-refractivity contribution in [1.82, 2.24) is 10.2 Å². The minimum Gasteiger partial charge on any atom is -0.314 e. The van der Waals surface area contributed by atoms with Gasteiger partial charge in [-0.15, -0.1) is 0 Å². The number of hydrogen-bond acceptors (Lipinski definition) is 2. The third-order valence-electron chi connectivity index (χ3n) is 4.78. The summed E-state index contributed by atoms with van der Waals surface area (Å²) in [5, 5.41) is 3.28. The minimum absolute atomic E-state index is 0.135. The van der Waals surface area contributed by atoms with Crippen LogP contribution < -0.4 is 5.32 Å². The Labute approximate surface area is 123 Å². The Morgan fingerprint density at radius 3 is 2.33 bits per heavy atom. The molecule has 2 fully saturated rings. The van der Waals surface area contributed by atoms with Crippen molar-refractivity contribution in [3.8, 4) is 0 Å². The van der Waals surface area contributed by atoms with Crippen LogP contribution in [0.3, 0.4) is 0 Å². The summed E-state index contributed by atoms with van der Waals surface area (Å²) in [5.41, 5.74) is 0.322. The fourth-order valence-electron chi connectivity index (χ4n) is 3.75. The molecular formula is C16H21F3N2. The van der Waals surface area contributed by atoms with Gasteiger partial charge in [-0.2, -0.15) is 0 Å². The molecular weight excluding hydrogens is 277 g/mol. The number of rotatable bonds is 3. The van der Waals surface area contributed by atoms with Crippen molar-refractivity contribution in [1.29, 1.82) is 0 Å². The molecule has 1 atom stereocenters. The Bertz CT molecular complexity index is 495. The minimum atomic E-state index is -1.34. The lowest BCUT2D eigenvalue weighted by molar-refractivity contribution is 0.121. The third-order valence-corrected chi connectivity index (χ3v) is 4.78. The maximum absolute atomic E-state index is 14.3. The molecule has 5 heteroatoms. The van der Waals surface area contributed by atoms with Gasteiger partial charge in [-0.1, -0.05) is 18.9 Å². The van der Waals surface area contributed by atoms with Crippen LogP contribution in [0.1, 0.15) is 37.3 Å². The van der Waals surface area contributed by atoms with Crippen molar-refractivity contribution in [3.63, 3.8) is 0 Å². The zero-order valence-corrected chi connectivity index (χ0v) is 12.0. The summed E-state index contributed by atoms with van der Waals surface area (Å²) in [5.74, 6) is -3.12. The molecule has 1 aromatic carbocycles. The van der Waals surface area contributed by atoms with E-state index in [-0.39, 0.29) is 6.04 Å². The van der Waals surface area contributed by atoms with E-state index in [1.807, 2.05) is 0 Å². The molecule has 0 amide bonds. The van der Waals surface area contributed by atoms with Crippen LogP contribution in [0.4, 0.5) is 13.2 Å². The second-order valence-corrected chi connectivity index (χ2v) is 6.04. The van der Waals surface area contributed by atoms with E-state index in [2.05, 4.69) is 10.2 Å². The molecule has 0 bridgehead atoms. The first-order chi connectivity index (χ1) is 10.2. The van der Waals surface area contributed by atoms with Crippen LogP contribution in [0.5, 0.6) is 0 Å². The summed E-state index contributed by atoms with van der Waals surface area (Å²) in [6, 6.07) is 2.35. The van der Waals surface area contributed by atoms with Crippen molar-refractivity contribution in [2.45, 2.75) is 31.7 Å². The Kier molecular flexibility index (Phi) is 4.50. The van der Waals surface area contributed by atoms with Crippen LogP contribution in [-0.4, -0.2) is 31.1 Å². The molecule has 1 saturated heterocycles. The number of nitrogens with one attached hydrogen (secondary N) is 1. The lowest BCUT2D eigenvalue weighted by atomic mass is 9.89. The van der Waals surface area contributed by atoms with Gasteiger partial charge in [0, 0.05) is 37.8 Å². The van der Waals surface area contributed by atoms with Gasteiger partial charge in [0.25, 0.3) is 0 Å². The van der Waals surface area contributed by atoms with Gasteiger partial charge in [0.2, 0.25) is 0 Å². The average Bonchev–Trinajstić information content (AvgIpc) is 3.03. The Morgan fingerprint density at radius 1 is 1.00 bits per heavy atom. The van der Waals surface area contributed by atoms with Crippen molar-refractivity contribution in [2.24, 2.45) is 5.92 Å². The highest BCUT2D eigenvalue weighted by molar-refractivity contribution is 5.25. The molecule has 116 valence electrons. The van der Waals surface area contributed by atoms with E-state index in [9.17, 15) is 13.2 Å². The molecule has 2 aliphatic rings. The van der Waals surface area contributed by atoms with E-state index in [1.54, 1.807) is 0 Å². The van der Waals surface area contributed by atoms with Gasteiger partial charge >= 0.3 is 0 Å². The molecule has 3 rings (SSSR count). The molecule has 0 unspecified atom stereocenters. The van der Waals surface area contributed by atoms with Crippen LogP contribution in [0.25, 0.3) is 0 Å². The molecule has 1 N–H and O–H groups in total. The number of nitrogens with zero attached hydrogens (tertiary/aromatic N) is 1. The number of benzene rings is 1. The van der Waals surface area contributed by atoms with E-state index >= 15 is 0 Å². The smallest absolute Gasteiger partial charge is 0.194 e. The molecule has 2 nitrogen and oxygen atoms in total. The summed E-state index contributed by atoms with van der Waals surface area (Å²) in [4.78, 5) is 2.22. The van der Waals surface area contributed by atoms with E-state index < -0.39 is 17.5 Å². The van der Waals surface area contributed by atoms with Crippen LogP contribution >= 0.6 is 0 Å². The Balaban J connectivity index is 1.96. The SMILES string of the molecule is Fc1ccc([C@@H](C2CCCC2)N2CCNCC2)c(F)c1F. The van der Waals surface area contributed by atoms with E-state index in [0.717, 1.165) is 57.9 Å². The van der Waals surface area contributed by atoms with Gasteiger partial charge in [0.15, 0.2) is 17.5 Å². The van der Waals surface area contributed by atoms with Crippen LogP contribution in [0.2, 0.25) is 0 Å². The topological polar surface area (TPSA) is 15.3 Å². The second kappa shape index (κ2) is 6.36. The van der Waals surface area contributed by atoms with Crippen molar-refractivity contribution >= 4 is 0 Å². The molecule has 0 spiro atoms. The second-order valence-electron chi connectivity index (χ2n) is 6.04. The maximum atomic E-state index is 14.3. The van der Waals surface area contributed by atoms with Crippen LogP contribution in [-0.2, 0) is 0 Å². The molecule has 1 aliphatic heterocycles. The molecule has 1 saturated carbocycles. The van der Waals surface area contributed by atoms with Gasteiger partial charge in [-0.25, -0.2) is 13.2 Å². The first-order valence-electron chi connectivity index (χ1n) is 7.76. The first kappa shape index (κ1) is 14.9. The van der Waals surface area contributed by atoms with Gasteiger partial charge in [0.1, 0.15) is 0 Å².